The number of nitrogens with one attached hydrogen (secondary N) is 1. The van der Waals surface area contributed by atoms with Crippen LogP contribution in [0.4, 0.5) is 4.79 Å². The van der Waals surface area contributed by atoms with E-state index in [0.29, 0.717) is 19.7 Å². The van der Waals surface area contributed by atoms with Gasteiger partial charge in [0.05, 0.1) is 19.2 Å². The van der Waals surface area contributed by atoms with Gasteiger partial charge in [-0.3, -0.25) is 10.1 Å². The maximum absolute atomic E-state index is 11.4. The van der Waals surface area contributed by atoms with Gasteiger partial charge in [0.15, 0.2) is 0 Å². The maximum atomic E-state index is 11.4. The zero-order chi connectivity index (χ0) is 14.5. The predicted octanol–water partition coefficient (Wildman–Crippen LogP) is 1.37. The summed E-state index contributed by atoms with van der Waals surface area (Å²) in [7, 11) is 0. The van der Waals surface area contributed by atoms with Crippen LogP contribution in [0.15, 0.2) is 24.3 Å². The summed E-state index contributed by atoms with van der Waals surface area (Å²) in [6.45, 7) is 2.86. The molecule has 6 nitrogen and oxygen atoms in total. The van der Waals surface area contributed by atoms with Crippen molar-refractivity contribution in [1.29, 1.82) is 0 Å². The monoisotopic (exact) mass is 278 g/mol. The Kier molecular flexibility index (Phi) is 4.57. The van der Waals surface area contributed by atoms with Crippen LogP contribution in [0.3, 0.4) is 0 Å². The van der Waals surface area contributed by atoms with Crippen LogP contribution >= 0.6 is 0 Å². The first-order valence-corrected chi connectivity index (χ1v) is 6.56. The molecule has 1 aliphatic heterocycles. The molecule has 6 heteroatoms. The number of esters is 1. The molecular weight excluding hydrogens is 260 g/mol. The van der Waals surface area contributed by atoms with Crippen LogP contribution in [0.25, 0.3) is 0 Å². The molecule has 20 heavy (non-hydrogen) atoms. The van der Waals surface area contributed by atoms with Crippen LogP contribution in [-0.2, 0) is 16.1 Å². The van der Waals surface area contributed by atoms with E-state index in [1.807, 2.05) is 24.3 Å². The molecule has 0 bridgehead atoms. The molecule has 2 N–H and O–H groups in total. The standard InChI is InChI=1S/C14H18N2O4/c1-2-20-13(17)7-15-12-9-16(14(18)19)8-10-5-3-4-6-11(10)12/h3-6,12,15H,2,7-9H2,1H3,(H,18,19). The van der Waals surface area contributed by atoms with Crippen molar-refractivity contribution < 1.29 is 19.4 Å². The summed E-state index contributed by atoms with van der Waals surface area (Å²) in [6.07, 6.45) is -0.956. The molecule has 2 rings (SSSR count). The van der Waals surface area contributed by atoms with Crippen molar-refractivity contribution in [2.45, 2.75) is 19.5 Å². The highest BCUT2D eigenvalue weighted by atomic mass is 16.5. The molecule has 0 saturated heterocycles. The fourth-order valence-electron chi connectivity index (χ4n) is 2.35. The Labute approximate surface area is 117 Å². The van der Waals surface area contributed by atoms with Crippen LogP contribution in [-0.4, -0.2) is 41.8 Å². The minimum atomic E-state index is -0.956. The topological polar surface area (TPSA) is 78.9 Å². The van der Waals surface area contributed by atoms with Gasteiger partial charge in [0.25, 0.3) is 0 Å². The van der Waals surface area contributed by atoms with E-state index in [1.165, 1.54) is 4.90 Å². The number of hydrogen-bond donors (Lipinski definition) is 2. The van der Waals surface area contributed by atoms with Crippen LogP contribution in [0.1, 0.15) is 24.1 Å². The molecule has 1 amide bonds. The van der Waals surface area contributed by atoms with Crippen molar-refractivity contribution in [3.8, 4) is 0 Å². The minimum absolute atomic E-state index is 0.0697. The van der Waals surface area contributed by atoms with Crippen molar-refractivity contribution in [3.63, 3.8) is 0 Å². The molecule has 0 saturated carbocycles. The van der Waals surface area contributed by atoms with Gasteiger partial charge in [-0.15, -0.1) is 0 Å². The number of ether oxygens (including phenoxy) is 1. The van der Waals surface area contributed by atoms with E-state index < -0.39 is 6.09 Å². The van der Waals surface area contributed by atoms with Gasteiger partial charge in [0, 0.05) is 13.1 Å². The van der Waals surface area contributed by atoms with Crippen LogP contribution < -0.4 is 5.32 Å². The highest BCUT2D eigenvalue weighted by Crippen LogP contribution is 2.26. The zero-order valence-corrected chi connectivity index (χ0v) is 11.3. The first-order chi connectivity index (χ1) is 9.61. The summed E-state index contributed by atoms with van der Waals surface area (Å²) < 4.78 is 4.86. The molecule has 0 fully saturated rings. The summed E-state index contributed by atoms with van der Waals surface area (Å²) in [4.78, 5) is 23.9. The Morgan fingerprint density at radius 1 is 1.45 bits per heavy atom. The molecule has 1 aromatic carbocycles. The van der Waals surface area contributed by atoms with Gasteiger partial charge in [-0.05, 0) is 18.1 Å². The lowest BCUT2D eigenvalue weighted by Crippen LogP contribution is -2.43. The number of fused-ring (bicyclic) bond motifs is 1. The van der Waals surface area contributed by atoms with Crippen LogP contribution in [0.2, 0.25) is 0 Å². The summed E-state index contributed by atoms with van der Waals surface area (Å²) in [5, 5.41) is 12.2. The largest absolute Gasteiger partial charge is 0.465 e. The molecule has 1 heterocycles. The average Bonchev–Trinajstić information content (AvgIpc) is 2.44. The van der Waals surface area contributed by atoms with Crippen molar-refractivity contribution in [1.82, 2.24) is 10.2 Å². The Bertz CT molecular complexity index is 504. The van der Waals surface area contributed by atoms with Crippen molar-refractivity contribution >= 4 is 12.1 Å². The molecule has 0 spiro atoms. The second kappa shape index (κ2) is 6.38. The Balaban J connectivity index is 2.10. The lowest BCUT2D eigenvalue weighted by Gasteiger charge is -2.33. The third kappa shape index (κ3) is 3.27. The Hall–Kier alpha value is -2.08. The lowest BCUT2D eigenvalue weighted by molar-refractivity contribution is -0.142. The normalized spacial score (nSPS) is 17.4. The number of nitrogens with zero attached hydrogens (tertiary/aromatic N) is 1. The fraction of sp³-hybridized carbons (Fsp3) is 0.429. The predicted molar refractivity (Wildman–Crippen MR) is 72.3 cm³/mol. The summed E-state index contributed by atoms with van der Waals surface area (Å²) in [6, 6.07) is 7.46. The second-order valence-corrected chi connectivity index (χ2v) is 4.60. The van der Waals surface area contributed by atoms with Gasteiger partial charge >= 0.3 is 12.1 Å². The summed E-state index contributed by atoms with van der Waals surface area (Å²) in [5.74, 6) is -0.336. The van der Waals surface area contributed by atoms with E-state index >= 15 is 0 Å². The molecule has 0 aliphatic carbocycles. The highest BCUT2D eigenvalue weighted by molar-refractivity contribution is 5.71. The average molecular weight is 278 g/mol. The summed E-state index contributed by atoms with van der Waals surface area (Å²) >= 11 is 0. The van der Waals surface area contributed by atoms with E-state index in [-0.39, 0.29) is 18.6 Å². The Morgan fingerprint density at radius 2 is 2.20 bits per heavy atom. The van der Waals surface area contributed by atoms with Crippen LogP contribution in [0.5, 0.6) is 0 Å². The van der Waals surface area contributed by atoms with Crippen molar-refractivity contribution in [3.05, 3.63) is 35.4 Å². The van der Waals surface area contributed by atoms with Crippen LogP contribution in [0, 0.1) is 0 Å². The smallest absolute Gasteiger partial charge is 0.407 e. The minimum Gasteiger partial charge on any atom is -0.465 e. The van der Waals surface area contributed by atoms with E-state index in [2.05, 4.69) is 5.32 Å². The molecule has 1 aliphatic rings. The molecule has 0 aromatic heterocycles. The third-order valence-corrected chi connectivity index (χ3v) is 3.26. The van der Waals surface area contributed by atoms with Crippen molar-refractivity contribution in [2.75, 3.05) is 19.7 Å². The quantitative estimate of drug-likeness (QED) is 0.813. The van der Waals surface area contributed by atoms with Crippen molar-refractivity contribution in [2.24, 2.45) is 0 Å². The van der Waals surface area contributed by atoms with Gasteiger partial charge in [0.1, 0.15) is 0 Å². The lowest BCUT2D eigenvalue weighted by atomic mass is 9.95. The van der Waals surface area contributed by atoms with E-state index in [0.717, 1.165) is 11.1 Å². The van der Waals surface area contributed by atoms with E-state index in [4.69, 9.17) is 9.84 Å². The van der Waals surface area contributed by atoms with Gasteiger partial charge in [-0.2, -0.15) is 0 Å². The molecule has 108 valence electrons. The fourth-order valence-corrected chi connectivity index (χ4v) is 2.35. The molecule has 1 unspecified atom stereocenters. The van der Waals surface area contributed by atoms with E-state index in [9.17, 15) is 9.59 Å². The maximum Gasteiger partial charge on any atom is 0.407 e. The van der Waals surface area contributed by atoms with E-state index in [1.54, 1.807) is 6.92 Å². The van der Waals surface area contributed by atoms with Gasteiger partial charge in [-0.25, -0.2) is 4.79 Å². The summed E-state index contributed by atoms with van der Waals surface area (Å²) in [5.41, 5.74) is 2.00. The molecule has 0 radical (unpaired) electrons. The number of carbonyl (C=O) groups excluding carboxylic acids is 1. The number of benzene rings is 1. The SMILES string of the molecule is CCOC(=O)CNC1CN(C(=O)O)Cc2ccccc21. The van der Waals surface area contributed by atoms with Gasteiger partial charge in [0.2, 0.25) is 0 Å². The molecule has 1 atom stereocenters. The first kappa shape index (κ1) is 14.3. The first-order valence-electron chi connectivity index (χ1n) is 6.56. The number of carboxylic acid groups (broad SMARTS) is 1. The second-order valence-electron chi connectivity index (χ2n) is 4.60. The number of amides is 1. The molecular formula is C14H18N2O4. The highest BCUT2D eigenvalue weighted by Gasteiger charge is 2.27. The number of carbonyl (C=O) groups is 2. The molecule has 1 aromatic rings. The Morgan fingerprint density at radius 3 is 2.90 bits per heavy atom. The number of hydrogen-bond acceptors (Lipinski definition) is 4. The number of rotatable bonds is 4. The van der Waals surface area contributed by atoms with Gasteiger partial charge in [-0.1, -0.05) is 24.3 Å². The third-order valence-electron chi connectivity index (χ3n) is 3.26. The zero-order valence-electron chi connectivity index (χ0n) is 11.3. The van der Waals surface area contributed by atoms with Gasteiger partial charge < -0.3 is 14.7 Å².